The number of hydrogen-bond donors (Lipinski definition) is 2. The number of nitrogens with two attached hydrogens (primary N) is 2. The quantitative estimate of drug-likeness (QED) is 0.874. The highest BCUT2D eigenvalue weighted by molar-refractivity contribution is 5.92. The van der Waals surface area contributed by atoms with Crippen LogP contribution in [-0.4, -0.2) is 29.8 Å². The minimum atomic E-state index is -0.445. The summed E-state index contributed by atoms with van der Waals surface area (Å²) in [6.07, 6.45) is 4.00. The lowest BCUT2D eigenvalue weighted by Crippen LogP contribution is -2.44. The molecule has 1 aromatic rings. The zero-order valence-electron chi connectivity index (χ0n) is 12.4. The normalized spacial score (nSPS) is 21.8. The number of primary amides is 1. The van der Waals surface area contributed by atoms with Crippen molar-refractivity contribution in [3.05, 3.63) is 35.4 Å². The van der Waals surface area contributed by atoms with E-state index in [0.29, 0.717) is 12.1 Å². The summed E-state index contributed by atoms with van der Waals surface area (Å²) in [5, 5.41) is 0. The summed E-state index contributed by atoms with van der Waals surface area (Å²) in [4.78, 5) is 25.2. The summed E-state index contributed by atoms with van der Waals surface area (Å²) in [5.74, 6) is -0.394. The highest BCUT2D eigenvalue weighted by Crippen LogP contribution is 2.25. The molecule has 1 aliphatic rings. The van der Waals surface area contributed by atoms with E-state index in [4.69, 9.17) is 11.5 Å². The van der Waals surface area contributed by atoms with Crippen LogP contribution in [0.3, 0.4) is 0 Å². The van der Waals surface area contributed by atoms with E-state index in [0.717, 1.165) is 31.2 Å². The summed E-state index contributed by atoms with van der Waals surface area (Å²) in [6.45, 7) is 0.515. The molecular formula is C16H23N3O2. The van der Waals surface area contributed by atoms with Gasteiger partial charge in [0.2, 0.25) is 11.8 Å². The molecule has 1 aliphatic carbocycles. The second kappa shape index (κ2) is 6.72. The molecule has 1 aromatic carbocycles. The van der Waals surface area contributed by atoms with Crippen LogP contribution in [0, 0.1) is 5.92 Å². The summed E-state index contributed by atoms with van der Waals surface area (Å²) in [6, 6.07) is 6.99. The summed E-state index contributed by atoms with van der Waals surface area (Å²) in [7, 11) is 1.80. The molecule has 0 spiro atoms. The van der Waals surface area contributed by atoms with Crippen molar-refractivity contribution in [2.24, 2.45) is 17.4 Å². The van der Waals surface area contributed by atoms with Gasteiger partial charge in [0.25, 0.3) is 0 Å². The molecule has 0 heterocycles. The first kappa shape index (κ1) is 15.5. The van der Waals surface area contributed by atoms with Crippen molar-refractivity contribution >= 4 is 11.8 Å². The van der Waals surface area contributed by atoms with E-state index in [1.807, 2.05) is 12.1 Å². The van der Waals surface area contributed by atoms with Crippen molar-refractivity contribution in [2.45, 2.75) is 38.3 Å². The summed E-state index contributed by atoms with van der Waals surface area (Å²) < 4.78 is 0. The fourth-order valence-corrected chi connectivity index (χ4v) is 2.88. The molecule has 114 valence electrons. The molecule has 0 aliphatic heterocycles. The molecule has 0 saturated heterocycles. The molecule has 2 unspecified atom stereocenters. The number of amides is 2. The minimum absolute atomic E-state index is 0.0223. The van der Waals surface area contributed by atoms with Crippen LogP contribution in [0.25, 0.3) is 0 Å². The highest BCUT2D eigenvalue weighted by Gasteiger charge is 2.30. The Morgan fingerprint density at radius 3 is 2.38 bits per heavy atom. The van der Waals surface area contributed by atoms with Gasteiger partial charge in [0.05, 0.1) is 5.92 Å². The van der Waals surface area contributed by atoms with Crippen molar-refractivity contribution < 1.29 is 9.59 Å². The molecule has 5 heteroatoms. The zero-order chi connectivity index (χ0) is 15.4. The maximum Gasteiger partial charge on any atom is 0.248 e. The Kier molecular flexibility index (Phi) is 4.96. The number of carbonyl (C=O) groups is 2. The summed E-state index contributed by atoms with van der Waals surface area (Å²) >= 11 is 0. The van der Waals surface area contributed by atoms with Gasteiger partial charge in [0.1, 0.15) is 0 Å². The fourth-order valence-electron chi connectivity index (χ4n) is 2.88. The molecule has 0 bridgehead atoms. The van der Waals surface area contributed by atoms with Gasteiger partial charge >= 0.3 is 0 Å². The van der Waals surface area contributed by atoms with Crippen molar-refractivity contribution in [1.82, 2.24) is 4.90 Å². The maximum atomic E-state index is 12.5. The van der Waals surface area contributed by atoms with E-state index in [-0.39, 0.29) is 17.9 Å². The first-order chi connectivity index (χ1) is 9.99. The third-order valence-corrected chi connectivity index (χ3v) is 4.17. The van der Waals surface area contributed by atoms with Gasteiger partial charge in [-0.15, -0.1) is 0 Å². The predicted octanol–water partition coefficient (Wildman–Crippen LogP) is 1.26. The Hall–Kier alpha value is -1.88. The second-order valence-corrected chi connectivity index (χ2v) is 5.81. The van der Waals surface area contributed by atoms with Crippen LogP contribution >= 0.6 is 0 Å². The van der Waals surface area contributed by atoms with Gasteiger partial charge in [0, 0.05) is 25.2 Å². The first-order valence-electron chi connectivity index (χ1n) is 7.38. The standard InChI is InChI=1S/C16H23N3O2/c1-19(16(21)13-4-2-3-5-14(13)17)10-11-6-8-12(9-7-11)15(18)20/h6-9,13-14H,2-5,10,17H2,1H3,(H2,18,20). The molecule has 0 aromatic heterocycles. The third-order valence-electron chi connectivity index (χ3n) is 4.17. The van der Waals surface area contributed by atoms with Crippen LogP contribution in [0.4, 0.5) is 0 Å². The minimum Gasteiger partial charge on any atom is -0.366 e. The number of benzene rings is 1. The molecule has 2 amide bonds. The van der Waals surface area contributed by atoms with Crippen LogP contribution in [0.2, 0.25) is 0 Å². The lowest BCUT2D eigenvalue weighted by Gasteiger charge is -2.31. The Morgan fingerprint density at radius 2 is 1.81 bits per heavy atom. The van der Waals surface area contributed by atoms with E-state index in [9.17, 15) is 9.59 Å². The molecule has 5 nitrogen and oxygen atoms in total. The van der Waals surface area contributed by atoms with Crippen molar-refractivity contribution in [3.63, 3.8) is 0 Å². The summed E-state index contributed by atoms with van der Waals surface area (Å²) in [5.41, 5.74) is 12.7. The number of nitrogens with zero attached hydrogens (tertiary/aromatic N) is 1. The fraction of sp³-hybridized carbons (Fsp3) is 0.500. The van der Waals surface area contributed by atoms with E-state index in [2.05, 4.69) is 0 Å². The van der Waals surface area contributed by atoms with Gasteiger partial charge in [-0.1, -0.05) is 25.0 Å². The second-order valence-electron chi connectivity index (χ2n) is 5.81. The van der Waals surface area contributed by atoms with Crippen LogP contribution in [-0.2, 0) is 11.3 Å². The molecule has 21 heavy (non-hydrogen) atoms. The van der Waals surface area contributed by atoms with Gasteiger partial charge in [-0.2, -0.15) is 0 Å². The Balaban J connectivity index is 1.98. The van der Waals surface area contributed by atoms with E-state index >= 15 is 0 Å². The van der Waals surface area contributed by atoms with Crippen molar-refractivity contribution in [2.75, 3.05) is 7.05 Å². The average molecular weight is 289 g/mol. The molecule has 0 radical (unpaired) electrons. The molecule has 2 rings (SSSR count). The highest BCUT2D eigenvalue weighted by atomic mass is 16.2. The van der Waals surface area contributed by atoms with Gasteiger partial charge in [-0.05, 0) is 30.5 Å². The molecule has 1 saturated carbocycles. The molecular weight excluding hydrogens is 266 g/mol. The number of carbonyl (C=O) groups excluding carboxylic acids is 2. The van der Waals surface area contributed by atoms with E-state index in [1.165, 1.54) is 0 Å². The van der Waals surface area contributed by atoms with Gasteiger partial charge in [0.15, 0.2) is 0 Å². The average Bonchev–Trinajstić information content (AvgIpc) is 2.47. The smallest absolute Gasteiger partial charge is 0.248 e. The lowest BCUT2D eigenvalue weighted by atomic mass is 9.84. The van der Waals surface area contributed by atoms with Crippen molar-refractivity contribution in [3.8, 4) is 0 Å². The van der Waals surface area contributed by atoms with Crippen LogP contribution < -0.4 is 11.5 Å². The Morgan fingerprint density at radius 1 is 1.19 bits per heavy atom. The van der Waals surface area contributed by atoms with E-state index < -0.39 is 5.91 Å². The Labute approximate surface area is 125 Å². The topological polar surface area (TPSA) is 89.4 Å². The monoisotopic (exact) mass is 289 g/mol. The van der Waals surface area contributed by atoms with Crippen LogP contribution in [0.5, 0.6) is 0 Å². The molecule has 1 fully saturated rings. The lowest BCUT2D eigenvalue weighted by molar-refractivity contribution is -0.136. The van der Waals surface area contributed by atoms with Gasteiger partial charge < -0.3 is 16.4 Å². The predicted molar refractivity (Wildman–Crippen MR) is 81.4 cm³/mol. The SMILES string of the molecule is CN(Cc1ccc(C(N)=O)cc1)C(=O)C1CCCCC1N. The Bertz CT molecular complexity index is 513. The number of hydrogen-bond acceptors (Lipinski definition) is 3. The van der Waals surface area contributed by atoms with Crippen LogP contribution in [0.1, 0.15) is 41.6 Å². The van der Waals surface area contributed by atoms with Gasteiger partial charge in [-0.25, -0.2) is 0 Å². The van der Waals surface area contributed by atoms with Crippen molar-refractivity contribution in [1.29, 1.82) is 0 Å². The first-order valence-corrected chi connectivity index (χ1v) is 7.38. The largest absolute Gasteiger partial charge is 0.366 e. The molecule has 4 N–H and O–H groups in total. The third kappa shape index (κ3) is 3.82. The van der Waals surface area contributed by atoms with Crippen LogP contribution in [0.15, 0.2) is 24.3 Å². The van der Waals surface area contributed by atoms with Gasteiger partial charge in [-0.3, -0.25) is 9.59 Å². The zero-order valence-corrected chi connectivity index (χ0v) is 12.4. The maximum absolute atomic E-state index is 12.5. The number of rotatable bonds is 4. The molecule has 2 atom stereocenters. The van der Waals surface area contributed by atoms with E-state index in [1.54, 1.807) is 24.1 Å².